The minimum Gasteiger partial charge on any atom is -0.393 e. The molecule has 1 aliphatic carbocycles. The molecule has 0 saturated heterocycles. The third kappa shape index (κ3) is 3.42. The Morgan fingerprint density at radius 2 is 2.12 bits per heavy atom. The Morgan fingerprint density at radius 3 is 2.83 bits per heavy atom. The van der Waals surface area contributed by atoms with Crippen LogP contribution < -0.4 is 5.32 Å². The van der Waals surface area contributed by atoms with E-state index in [1.165, 1.54) is 6.07 Å². The number of carbonyl (C=O) groups excluding carboxylic acids is 1. The van der Waals surface area contributed by atoms with E-state index in [0.717, 1.165) is 31.4 Å². The lowest BCUT2D eigenvalue weighted by Gasteiger charge is -2.26. The molecule has 1 heterocycles. The summed E-state index contributed by atoms with van der Waals surface area (Å²) in [6.07, 6.45) is 2.33. The van der Waals surface area contributed by atoms with Crippen molar-refractivity contribution in [2.75, 3.05) is 0 Å². The van der Waals surface area contributed by atoms with Crippen molar-refractivity contribution >= 4 is 17.5 Å². The van der Waals surface area contributed by atoms with Crippen molar-refractivity contribution in [2.45, 2.75) is 37.8 Å². The van der Waals surface area contributed by atoms with Crippen molar-refractivity contribution in [3.8, 4) is 11.3 Å². The van der Waals surface area contributed by atoms with Crippen LogP contribution in [0.3, 0.4) is 0 Å². The maximum Gasteiger partial charge on any atom is 0.275 e. The van der Waals surface area contributed by atoms with E-state index >= 15 is 0 Å². The lowest BCUT2D eigenvalue weighted by Crippen LogP contribution is -2.40. The summed E-state index contributed by atoms with van der Waals surface area (Å²) in [5.41, 5.74) is 0.0509. The Bertz CT molecular complexity index is 766. The van der Waals surface area contributed by atoms with Gasteiger partial charge < -0.3 is 14.9 Å². The number of hydrogen-bond acceptors (Lipinski definition) is 4. The van der Waals surface area contributed by atoms with Gasteiger partial charge >= 0.3 is 0 Å². The van der Waals surface area contributed by atoms with Crippen LogP contribution in [0.15, 0.2) is 22.7 Å². The molecule has 1 saturated carbocycles. The second-order valence-electron chi connectivity index (χ2n) is 5.79. The summed E-state index contributed by atoms with van der Waals surface area (Å²) in [7, 11) is 0. The number of nitrogens with one attached hydrogen (secondary N) is 1. The molecule has 0 bridgehead atoms. The summed E-state index contributed by atoms with van der Waals surface area (Å²) in [6, 6.07) is 2.97. The van der Waals surface area contributed by atoms with Crippen LogP contribution in [0.1, 0.15) is 36.2 Å². The Morgan fingerprint density at radius 1 is 1.33 bits per heavy atom. The average Bonchev–Trinajstić information content (AvgIpc) is 2.92. The maximum absolute atomic E-state index is 13.3. The highest BCUT2D eigenvalue weighted by atomic mass is 35.5. The Kier molecular flexibility index (Phi) is 4.82. The molecule has 2 aromatic rings. The highest BCUT2D eigenvalue weighted by Crippen LogP contribution is 2.31. The van der Waals surface area contributed by atoms with E-state index in [0.29, 0.717) is 6.42 Å². The van der Waals surface area contributed by atoms with E-state index in [-0.39, 0.29) is 28.1 Å². The van der Waals surface area contributed by atoms with Crippen molar-refractivity contribution in [2.24, 2.45) is 0 Å². The zero-order valence-corrected chi connectivity index (χ0v) is 13.3. The molecule has 5 nitrogen and oxygen atoms in total. The monoisotopic (exact) mass is 356 g/mol. The summed E-state index contributed by atoms with van der Waals surface area (Å²) in [5.74, 6) is -2.59. The number of rotatable bonds is 3. The number of hydrogen-bond donors (Lipinski definition) is 2. The van der Waals surface area contributed by atoms with Crippen LogP contribution >= 0.6 is 11.6 Å². The third-order valence-corrected chi connectivity index (χ3v) is 4.36. The second kappa shape index (κ2) is 6.86. The van der Waals surface area contributed by atoms with Gasteiger partial charge in [-0.2, -0.15) is 0 Å². The van der Waals surface area contributed by atoms with Gasteiger partial charge in [-0.1, -0.05) is 16.8 Å². The van der Waals surface area contributed by atoms with Crippen LogP contribution in [-0.2, 0) is 0 Å². The van der Waals surface area contributed by atoms with E-state index in [1.54, 1.807) is 0 Å². The summed E-state index contributed by atoms with van der Waals surface area (Å²) in [6.45, 7) is 0. The number of carbonyl (C=O) groups is 1. The SMILES string of the molecule is O=C(N[C@@H]1CCC[C@H](O)C1)c1noc(-c2ccc(F)c(F)c2)c1Cl. The summed E-state index contributed by atoms with van der Waals surface area (Å²) in [5, 5.41) is 15.9. The highest BCUT2D eigenvalue weighted by molar-refractivity contribution is 6.35. The smallest absolute Gasteiger partial charge is 0.275 e. The van der Waals surface area contributed by atoms with Gasteiger partial charge in [-0.25, -0.2) is 8.78 Å². The fraction of sp³-hybridized carbons (Fsp3) is 0.375. The first kappa shape index (κ1) is 16.9. The van der Waals surface area contributed by atoms with Crippen LogP contribution in [0.4, 0.5) is 8.78 Å². The topological polar surface area (TPSA) is 75.4 Å². The molecule has 0 spiro atoms. The number of aliphatic hydroxyl groups excluding tert-OH is 1. The standard InChI is InChI=1S/C16H15ClF2N2O3/c17-13-14(16(23)20-9-2-1-3-10(22)7-9)21-24-15(13)8-4-5-11(18)12(19)6-8/h4-6,9-10,22H,1-3,7H2,(H,20,23)/t9-,10+/m1/s1. The minimum atomic E-state index is -1.05. The summed E-state index contributed by atoms with van der Waals surface area (Å²) >= 11 is 6.11. The van der Waals surface area contributed by atoms with E-state index in [2.05, 4.69) is 10.5 Å². The van der Waals surface area contributed by atoms with Gasteiger partial charge in [0, 0.05) is 11.6 Å². The predicted molar refractivity (Wildman–Crippen MR) is 82.6 cm³/mol. The first-order valence-electron chi connectivity index (χ1n) is 7.55. The first-order valence-corrected chi connectivity index (χ1v) is 7.93. The predicted octanol–water partition coefficient (Wildman–Crippen LogP) is 3.31. The summed E-state index contributed by atoms with van der Waals surface area (Å²) in [4.78, 5) is 12.3. The van der Waals surface area contributed by atoms with Crippen molar-refractivity contribution in [1.29, 1.82) is 0 Å². The number of amides is 1. The Hall–Kier alpha value is -1.99. The molecule has 128 valence electrons. The zero-order chi connectivity index (χ0) is 17.3. The van der Waals surface area contributed by atoms with E-state index in [9.17, 15) is 18.7 Å². The van der Waals surface area contributed by atoms with Crippen LogP contribution in [0.5, 0.6) is 0 Å². The van der Waals surface area contributed by atoms with Gasteiger partial charge in [-0.3, -0.25) is 4.79 Å². The number of benzene rings is 1. The van der Waals surface area contributed by atoms with Crippen LogP contribution in [0.2, 0.25) is 5.02 Å². The molecule has 8 heteroatoms. The van der Waals surface area contributed by atoms with Crippen molar-refractivity contribution in [1.82, 2.24) is 10.5 Å². The highest BCUT2D eigenvalue weighted by Gasteiger charge is 2.26. The first-order chi connectivity index (χ1) is 11.5. The zero-order valence-electron chi connectivity index (χ0n) is 12.6. The molecule has 0 aliphatic heterocycles. The Labute approximate surface area is 141 Å². The molecular formula is C16H15ClF2N2O3. The van der Waals surface area contributed by atoms with Crippen LogP contribution in [-0.4, -0.2) is 28.3 Å². The number of halogens is 3. The van der Waals surface area contributed by atoms with Gasteiger partial charge in [-0.05, 0) is 43.9 Å². The Balaban J connectivity index is 1.78. The van der Waals surface area contributed by atoms with Gasteiger partial charge in [-0.15, -0.1) is 0 Å². The van der Waals surface area contributed by atoms with E-state index in [1.807, 2.05) is 0 Å². The molecule has 3 rings (SSSR count). The quantitative estimate of drug-likeness (QED) is 0.884. The molecular weight excluding hydrogens is 342 g/mol. The molecule has 1 aromatic carbocycles. The molecule has 2 N–H and O–H groups in total. The van der Waals surface area contributed by atoms with Crippen molar-refractivity contribution < 1.29 is 23.2 Å². The number of aliphatic hydroxyl groups is 1. The number of nitrogens with zero attached hydrogens (tertiary/aromatic N) is 1. The molecule has 24 heavy (non-hydrogen) atoms. The van der Waals surface area contributed by atoms with Crippen LogP contribution in [0.25, 0.3) is 11.3 Å². The molecule has 0 radical (unpaired) electrons. The molecule has 1 aromatic heterocycles. The van der Waals surface area contributed by atoms with Crippen LogP contribution in [0, 0.1) is 11.6 Å². The van der Waals surface area contributed by atoms with Crippen molar-refractivity contribution in [3.63, 3.8) is 0 Å². The molecule has 2 atom stereocenters. The number of aromatic nitrogens is 1. The van der Waals surface area contributed by atoms with Gasteiger partial charge in [0.1, 0.15) is 5.02 Å². The molecule has 1 fully saturated rings. The molecule has 1 amide bonds. The summed E-state index contributed by atoms with van der Waals surface area (Å²) < 4.78 is 31.4. The minimum absolute atomic E-state index is 0.00982. The lowest BCUT2D eigenvalue weighted by molar-refractivity contribution is 0.0842. The van der Waals surface area contributed by atoms with Gasteiger partial charge in [0.05, 0.1) is 6.10 Å². The molecule has 0 unspecified atom stereocenters. The van der Waals surface area contributed by atoms with E-state index in [4.69, 9.17) is 16.1 Å². The fourth-order valence-corrected chi connectivity index (χ4v) is 3.05. The third-order valence-electron chi connectivity index (χ3n) is 4.01. The second-order valence-corrected chi connectivity index (χ2v) is 6.17. The van der Waals surface area contributed by atoms with Gasteiger partial charge in [0.25, 0.3) is 5.91 Å². The molecule has 1 aliphatic rings. The fourth-order valence-electron chi connectivity index (χ4n) is 2.79. The lowest BCUT2D eigenvalue weighted by atomic mass is 9.93. The van der Waals surface area contributed by atoms with Gasteiger partial charge in [0.15, 0.2) is 23.1 Å². The average molecular weight is 357 g/mol. The van der Waals surface area contributed by atoms with Crippen molar-refractivity contribution in [3.05, 3.63) is 40.6 Å². The maximum atomic E-state index is 13.3. The largest absolute Gasteiger partial charge is 0.393 e. The normalized spacial score (nSPS) is 20.8. The van der Waals surface area contributed by atoms with Gasteiger partial charge in [0.2, 0.25) is 0 Å². The van der Waals surface area contributed by atoms with E-state index < -0.39 is 23.6 Å².